The van der Waals surface area contributed by atoms with Crippen LogP contribution in [0.4, 0.5) is 0 Å². The number of amides is 4. The van der Waals surface area contributed by atoms with Gasteiger partial charge in [-0.25, -0.2) is 0 Å². The van der Waals surface area contributed by atoms with Gasteiger partial charge in [-0.05, 0) is 42.9 Å². The van der Waals surface area contributed by atoms with Crippen molar-refractivity contribution < 1.29 is 29.5 Å². The van der Waals surface area contributed by atoms with Gasteiger partial charge in [0.05, 0.1) is 11.8 Å². The van der Waals surface area contributed by atoms with Crippen LogP contribution in [0.2, 0.25) is 0 Å². The van der Waals surface area contributed by atoms with Gasteiger partial charge in [0.15, 0.2) is 9.75 Å². The molecule has 1 saturated carbocycles. The number of aromatic hydroxyl groups is 1. The summed E-state index contributed by atoms with van der Waals surface area (Å²) in [7, 11) is 1.32. The lowest BCUT2D eigenvalue weighted by atomic mass is 9.56. The molecule has 8 nitrogen and oxygen atoms in total. The van der Waals surface area contributed by atoms with Crippen LogP contribution in [0.15, 0.2) is 29.8 Å². The van der Waals surface area contributed by atoms with E-state index in [4.69, 9.17) is 23.2 Å². The molecule has 0 radical (unpaired) electrons. The minimum Gasteiger partial charge on any atom is -0.508 e. The van der Waals surface area contributed by atoms with Gasteiger partial charge in [0.25, 0.3) is 23.6 Å². The van der Waals surface area contributed by atoms with Crippen LogP contribution in [0.3, 0.4) is 0 Å². The van der Waals surface area contributed by atoms with Gasteiger partial charge in [-0.2, -0.15) is 5.06 Å². The Morgan fingerprint density at radius 1 is 1.06 bits per heavy atom. The van der Waals surface area contributed by atoms with Gasteiger partial charge < -0.3 is 5.11 Å². The third kappa shape index (κ3) is 2.32. The molecule has 2 N–H and O–H groups in total. The number of nitrogens with zero attached hydrogens (tertiary/aromatic N) is 2. The van der Waals surface area contributed by atoms with Crippen molar-refractivity contribution in [2.75, 3.05) is 7.05 Å². The summed E-state index contributed by atoms with van der Waals surface area (Å²) in [6.07, 6.45) is 1.84. The number of benzene rings is 1. The van der Waals surface area contributed by atoms with Crippen molar-refractivity contribution in [2.24, 2.45) is 17.8 Å². The van der Waals surface area contributed by atoms with Crippen molar-refractivity contribution in [2.45, 2.75) is 35.4 Å². The molecular formula is C22H20Cl2N2O6. The average Bonchev–Trinajstić information content (AvgIpc) is 3.05. The van der Waals surface area contributed by atoms with Crippen molar-refractivity contribution in [3.63, 3.8) is 0 Å². The monoisotopic (exact) mass is 478 g/mol. The summed E-state index contributed by atoms with van der Waals surface area (Å²) in [4.78, 5) is 48.9. The second kappa shape index (κ2) is 6.56. The number of aryl methyl sites for hydroxylation is 1. The number of carbonyl (C=O) groups is 4. The molecule has 1 aromatic carbocycles. The largest absolute Gasteiger partial charge is 0.508 e. The number of hydrogen-bond donors (Lipinski definition) is 2. The second-order valence-electron chi connectivity index (χ2n) is 9.03. The molecule has 32 heavy (non-hydrogen) atoms. The van der Waals surface area contributed by atoms with Gasteiger partial charge in [0, 0.05) is 13.0 Å². The molecule has 6 atom stereocenters. The maximum absolute atomic E-state index is 13.3. The minimum absolute atomic E-state index is 0.0537. The summed E-state index contributed by atoms with van der Waals surface area (Å²) in [5.74, 6) is -5.92. The van der Waals surface area contributed by atoms with E-state index in [9.17, 15) is 29.5 Å². The maximum Gasteiger partial charge on any atom is 0.257 e. The summed E-state index contributed by atoms with van der Waals surface area (Å²) < 4.78 is 0. The number of halogens is 2. The number of rotatable bonds is 1. The number of carbonyl (C=O) groups excluding carboxylic acids is 4. The van der Waals surface area contributed by atoms with Gasteiger partial charge in [-0.1, -0.05) is 23.8 Å². The molecule has 2 saturated heterocycles. The summed E-state index contributed by atoms with van der Waals surface area (Å²) in [6.45, 7) is 1.69. The molecule has 2 heterocycles. The van der Waals surface area contributed by atoms with Crippen LogP contribution in [-0.4, -0.2) is 60.7 Å². The third-order valence-corrected chi connectivity index (χ3v) is 8.96. The molecule has 3 fully saturated rings. The molecule has 10 heteroatoms. The van der Waals surface area contributed by atoms with E-state index in [-0.39, 0.29) is 23.7 Å². The van der Waals surface area contributed by atoms with Gasteiger partial charge in [-0.3, -0.25) is 29.3 Å². The topological polar surface area (TPSA) is 115 Å². The number of hydroxylamine groups is 2. The van der Waals surface area contributed by atoms with Gasteiger partial charge in [0.1, 0.15) is 5.75 Å². The van der Waals surface area contributed by atoms with E-state index in [1.807, 2.05) is 0 Å². The maximum atomic E-state index is 13.3. The smallest absolute Gasteiger partial charge is 0.257 e. The van der Waals surface area contributed by atoms with Crippen LogP contribution >= 0.6 is 23.2 Å². The Morgan fingerprint density at radius 2 is 1.75 bits per heavy atom. The predicted octanol–water partition coefficient (Wildman–Crippen LogP) is 2.08. The lowest BCUT2D eigenvalue weighted by molar-refractivity contribution is -0.173. The molecular weight excluding hydrogens is 459 g/mol. The highest BCUT2D eigenvalue weighted by Gasteiger charge is 2.75. The first-order chi connectivity index (χ1) is 14.9. The van der Waals surface area contributed by atoms with E-state index in [1.54, 1.807) is 25.1 Å². The Hall–Kier alpha value is -2.42. The zero-order chi connectivity index (χ0) is 23.3. The zero-order valence-corrected chi connectivity index (χ0v) is 18.7. The third-order valence-electron chi connectivity index (χ3n) is 7.55. The molecule has 2 aliphatic heterocycles. The van der Waals surface area contributed by atoms with Crippen LogP contribution in [-0.2, 0) is 19.2 Å². The molecule has 5 rings (SSSR count). The fraction of sp³-hybridized carbons (Fsp3) is 0.455. The lowest BCUT2D eigenvalue weighted by Crippen LogP contribution is -2.60. The standard InChI is InChI=1S/C22H20Cl2N2O6/c1-9-7-10(3-6-14(9)27)16-11-4-5-12-15(18(29)26(32)17(12)28)13(11)8-21(23)19(30)25(2)20(31)22(16,21)24/h3-4,6-7,12-13,15-16,27,32H,5,8H2,1-2H3. The van der Waals surface area contributed by atoms with Crippen LogP contribution in [0.25, 0.3) is 0 Å². The molecule has 4 aliphatic rings. The van der Waals surface area contributed by atoms with Crippen molar-refractivity contribution in [3.8, 4) is 5.75 Å². The van der Waals surface area contributed by atoms with E-state index in [0.717, 1.165) is 4.90 Å². The van der Waals surface area contributed by atoms with Crippen molar-refractivity contribution in [3.05, 3.63) is 41.0 Å². The Bertz CT molecular complexity index is 1150. The van der Waals surface area contributed by atoms with Crippen LogP contribution in [0.5, 0.6) is 5.75 Å². The number of alkyl halides is 2. The molecule has 168 valence electrons. The first-order valence-electron chi connectivity index (χ1n) is 10.2. The predicted molar refractivity (Wildman–Crippen MR) is 112 cm³/mol. The van der Waals surface area contributed by atoms with E-state index in [0.29, 0.717) is 16.7 Å². The Morgan fingerprint density at radius 3 is 2.41 bits per heavy atom. The fourth-order valence-corrected chi connectivity index (χ4v) is 6.98. The highest BCUT2D eigenvalue weighted by atomic mass is 35.5. The number of phenolic OH excluding ortho intramolecular Hbond substituents is 1. The number of phenols is 1. The number of imide groups is 2. The lowest BCUT2D eigenvalue weighted by Gasteiger charge is -2.50. The first-order valence-corrected chi connectivity index (χ1v) is 11.0. The van der Waals surface area contributed by atoms with Crippen LogP contribution in [0.1, 0.15) is 29.9 Å². The van der Waals surface area contributed by atoms with Crippen molar-refractivity contribution in [1.29, 1.82) is 0 Å². The molecule has 4 amide bonds. The van der Waals surface area contributed by atoms with Crippen LogP contribution < -0.4 is 0 Å². The first kappa shape index (κ1) is 21.4. The molecule has 6 unspecified atom stereocenters. The average molecular weight is 479 g/mol. The van der Waals surface area contributed by atoms with E-state index >= 15 is 0 Å². The Labute approximate surface area is 193 Å². The normalized spacial score (nSPS) is 38.6. The molecule has 1 aromatic rings. The second-order valence-corrected chi connectivity index (χ2v) is 10.3. The van der Waals surface area contributed by atoms with Crippen molar-refractivity contribution >= 4 is 46.8 Å². The Kier molecular flexibility index (Phi) is 4.39. The highest BCUT2D eigenvalue weighted by Crippen LogP contribution is 2.65. The minimum atomic E-state index is -1.86. The quantitative estimate of drug-likeness (QED) is 0.276. The fourth-order valence-electron chi connectivity index (χ4n) is 5.96. The molecule has 0 spiro atoms. The highest BCUT2D eigenvalue weighted by molar-refractivity contribution is 6.53. The van der Waals surface area contributed by atoms with Gasteiger partial charge >= 0.3 is 0 Å². The van der Waals surface area contributed by atoms with E-state index in [2.05, 4.69) is 0 Å². The van der Waals surface area contributed by atoms with E-state index in [1.165, 1.54) is 13.1 Å². The Balaban J connectivity index is 1.76. The van der Waals surface area contributed by atoms with E-state index < -0.39 is 57.0 Å². The van der Waals surface area contributed by atoms with Crippen LogP contribution in [0, 0.1) is 24.7 Å². The molecule has 0 bridgehead atoms. The number of allylic oxidation sites excluding steroid dienone is 2. The number of fused-ring (bicyclic) bond motifs is 4. The SMILES string of the molecule is Cc1cc(C2C3=CCC4C(=O)N(O)C(=O)C4C3CC3(Cl)C(=O)N(C)C(=O)C23Cl)ccc1O. The summed E-state index contributed by atoms with van der Waals surface area (Å²) >= 11 is 14.0. The zero-order valence-electron chi connectivity index (χ0n) is 17.2. The number of hydrogen-bond acceptors (Lipinski definition) is 6. The molecule has 2 aliphatic carbocycles. The van der Waals surface area contributed by atoms with Gasteiger partial charge in [0.2, 0.25) is 0 Å². The number of likely N-dealkylation sites (tertiary alicyclic amines) is 1. The summed E-state index contributed by atoms with van der Waals surface area (Å²) in [6, 6.07) is 4.76. The summed E-state index contributed by atoms with van der Waals surface area (Å²) in [5, 5.41) is 20.1. The van der Waals surface area contributed by atoms with Crippen molar-refractivity contribution in [1.82, 2.24) is 9.96 Å². The summed E-state index contributed by atoms with van der Waals surface area (Å²) in [5.41, 5.74) is 1.73. The molecule has 0 aromatic heterocycles. The van der Waals surface area contributed by atoms with Gasteiger partial charge in [-0.15, -0.1) is 23.2 Å².